The van der Waals surface area contributed by atoms with Crippen molar-refractivity contribution >= 4 is 17.5 Å². The summed E-state index contributed by atoms with van der Waals surface area (Å²) in [6.07, 6.45) is 2.32. The SMILES string of the molecule is CNC(=O)c1cccc(NC(=O)C2(c3cccc(F)c3)CCC2)c1. The third-order valence-electron chi connectivity index (χ3n) is 4.63. The second-order valence-corrected chi connectivity index (χ2v) is 6.06. The van der Waals surface area contributed by atoms with Gasteiger partial charge >= 0.3 is 0 Å². The summed E-state index contributed by atoms with van der Waals surface area (Å²) >= 11 is 0. The lowest BCUT2D eigenvalue weighted by molar-refractivity contribution is -0.124. The lowest BCUT2D eigenvalue weighted by atomic mass is 9.63. The Bertz CT molecular complexity index is 784. The van der Waals surface area contributed by atoms with Crippen LogP contribution in [0.5, 0.6) is 0 Å². The van der Waals surface area contributed by atoms with E-state index in [2.05, 4.69) is 10.6 Å². The average molecular weight is 326 g/mol. The van der Waals surface area contributed by atoms with Crippen molar-refractivity contribution in [3.63, 3.8) is 0 Å². The molecule has 0 unspecified atom stereocenters. The lowest BCUT2D eigenvalue weighted by Crippen LogP contribution is -2.46. The topological polar surface area (TPSA) is 58.2 Å². The number of halogens is 1. The number of carbonyl (C=O) groups is 2. The van der Waals surface area contributed by atoms with Crippen LogP contribution in [0.3, 0.4) is 0 Å². The largest absolute Gasteiger partial charge is 0.355 e. The molecule has 0 radical (unpaired) electrons. The second kappa shape index (κ2) is 6.43. The van der Waals surface area contributed by atoms with Crippen molar-refractivity contribution < 1.29 is 14.0 Å². The number of anilines is 1. The first-order valence-electron chi connectivity index (χ1n) is 7.95. The van der Waals surface area contributed by atoms with Crippen molar-refractivity contribution in [2.45, 2.75) is 24.7 Å². The Balaban J connectivity index is 1.85. The maximum atomic E-state index is 13.6. The molecule has 1 fully saturated rings. The maximum Gasteiger partial charge on any atom is 0.251 e. The molecule has 5 heteroatoms. The summed E-state index contributed by atoms with van der Waals surface area (Å²) in [6.45, 7) is 0. The number of nitrogens with one attached hydrogen (secondary N) is 2. The summed E-state index contributed by atoms with van der Waals surface area (Å²) in [7, 11) is 1.56. The molecule has 0 heterocycles. The highest BCUT2D eigenvalue weighted by atomic mass is 19.1. The molecule has 0 atom stereocenters. The summed E-state index contributed by atoms with van der Waals surface area (Å²) in [4.78, 5) is 24.6. The molecule has 2 aromatic rings. The third kappa shape index (κ3) is 2.89. The Morgan fingerprint density at radius 2 is 1.83 bits per heavy atom. The van der Waals surface area contributed by atoms with E-state index < -0.39 is 5.41 Å². The van der Waals surface area contributed by atoms with E-state index in [9.17, 15) is 14.0 Å². The predicted octanol–water partition coefficient (Wildman–Crippen LogP) is 3.25. The van der Waals surface area contributed by atoms with Gasteiger partial charge in [0.25, 0.3) is 5.91 Å². The molecule has 0 aliphatic heterocycles. The zero-order valence-electron chi connectivity index (χ0n) is 13.4. The number of hydrogen-bond donors (Lipinski definition) is 2. The van der Waals surface area contributed by atoms with Gasteiger partial charge in [0.05, 0.1) is 5.41 Å². The maximum absolute atomic E-state index is 13.6. The Labute approximate surface area is 140 Å². The molecule has 2 aromatic carbocycles. The van der Waals surface area contributed by atoms with Crippen LogP contribution >= 0.6 is 0 Å². The Kier molecular flexibility index (Phi) is 4.34. The standard InChI is InChI=1S/C19H19FN2O2/c1-21-17(23)13-5-2-8-16(11-13)22-18(24)19(9-4-10-19)14-6-3-7-15(20)12-14/h2-3,5-8,11-12H,4,9-10H2,1H3,(H,21,23)(H,22,24). The molecule has 0 aromatic heterocycles. The van der Waals surface area contributed by atoms with Crippen molar-refractivity contribution in [2.75, 3.05) is 12.4 Å². The summed E-state index contributed by atoms with van der Waals surface area (Å²) in [5, 5.41) is 5.43. The van der Waals surface area contributed by atoms with Gasteiger partial charge in [-0.3, -0.25) is 9.59 Å². The monoisotopic (exact) mass is 326 g/mol. The lowest BCUT2D eigenvalue weighted by Gasteiger charge is -2.40. The minimum atomic E-state index is -0.689. The van der Waals surface area contributed by atoms with E-state index in [1.807, 2.05) is 0 Å². The zero-order valence-corrected chi connectivity index (χ0v) is 13.4. The minimum absolute atomic E-state index is 0.159. The van der Waals surface area contributed by atoms with Crippen LogP contribution in [0.1, 0.15) is 35.2 Å². The van der Waals surface area contributed by atoms with Gasteiger partial charge in [0.2, 0.25) is 5.91 Å². The van der Waals surface area contributed by atoms with E-state index in [4.69, 9.17) is 0 Å². The van der Waals surface area contributed by atoms with Crippen molar-refractivity contribution in [1.29, 1.82) is 0 Å². The van der Waals surface area contributed by atoms with E-state index in [-0.39, 0.29) is 17.6 Å². The van der Waals surface area contributed by atoms with E-state index >= 15 is 0 Å². The molecule has 1 aliphatic rings. The van der Waals surface area contributed by atoms with Crippen LogP contribution in [-0.2, 0) is 10.2 Å². The minimum Gasteiger partial charge on any atom is -0.355 e. The Hall–Kier alpha value is -2.69. The Morgan fingerprint density at radius 3 is 2.46 bits per heavy atom. The van der Waals surface area contributed by atoms with Crippen molar-refractivity contribution in [3.05, 3.63) is 65.5 Å². The molecule has 1 aliphatic carbocycles. The van der Waals surface area contributed by atoms with Crippen LogP contribution in [0.15, 0.2) is 48.5 Å². The molecule has 2 amide bonds. The molecule has 3 rings (SSSR count). The molecule has 1 saturated carbocycles. The van der Waals surface area contributed by atoms with E-state index in [0.29, 0.717) is 29.7 Å². The summed E-state index contributed by atoms with van der Waals surface area (Å²) in [5.41, 5.74) is 1.05. The number of carbonyl (C=O) groups excluding carboxylic acids is 2. The van der Waals surface area contributed by atoms with E-state index in [0.717, 1.165) is 6.42 Å². The van der Waals surface area contributed by atoms with Gasteiger partial charge in [-0.2, -0.15) is 0 Å². The molecule has 0 saturated heterocycles. The second-order valence-electron chi connectivity index (χ2n) is 6.06. The van der Waals surface area contributed by atoms with Crippen LogP contribution in [-0.4, -0.2) is 18.9 Å². The highest BCUT2D eigenvalue weighted by Gasteiger charge is 2.45. The molecular formula is C19H19FN2O2. The smallest absolute Gasteiger partial charge is 0.251 e. The molecule has 2 N–H and O–H groups in total. The number of benzene rings is 2. The van der Waals surface area contributed by atoms with E-state index in [1.165, 1.54) is 12.1 Å². The van der Waals surface area contributed by atoms with Crippen LogP contribution < -0.4 is 10.6 Å². The van der Waals surface area contributed by atoms with Gasteiger partial charge in [0.1, 0.15) is 5.82 Å². The quantitative estimate of drug-likeness (QED) is 0.906. The normalized spacial score (nSPS) is 15.2. The van der Waals surface area contributed by atoms with Crippen LogP contribution in [0, 0.1) is 5.82 Å². The molecule has 0 spiro atoms. The van der Waals surface area contributed by atoms with Crippen LogP contribution in [0.4, 0.5) is 10.1 Å². The summed E-state index contributed by atoms with van der Waals surface area (Å²) < 4.78 is 13.6. The highest BCUT2D eigenvalue weighted by molar-refractivity contribution is 6.01. The fourth-order valence-corrected chi connectivity index (χ4v) is 3.10. The summed E-state index contributed by atoms with van der Waals surface area (Å²) in [5.74, 6) is -0.712. The molecule has 124 valence electrons. The van der Waals surface area contributed by atoms with Crippen molar-refractivity contribution in [1.82, 2.24) is 5.32 Å². The molecular weight excluding hydrogens is 307 g/mol. The first kappa shape index (κ1) is 16.2. The van der Waals surface area contributed by atoms with Gasteiger partial charge in [-0.1, -0.05) is 24.6 Å². The Morgan fingerprint density at radius 1 is 1.08 bits per heavy atom. The fraction of sp³-hybridized carbons (Fsp3) is 0.263. The summed E-state index contributed by atoms with van der Waals surface area (Å²) in [6, 6.07) is 13.0. The van der Waals surface area contributed by atoms with Crippen LogP contribution in [0.2, 0.25) is 0 Å². The first-order chi connectivity index (χ1) is 11.5. The highest BCUT2D eigenvalue weighted by Crippen LogP contribution is 2.44. The van der Waals surface area contributed by atoms with Crippen LogP contribution in [0.25, 0.3) is 0 Å². The van der Waals surface area contributed by atoms with Crippen molar-refractivity contribution in [3.8, 4) is 0 Å². The zero-order chi connectivity index (χ0) is 17.2. The average Bonchev–Trinajstić information content (AvgIpc) is 2.53. The number of amides is 2. The van der Waals surface area contributed by atoms with Crippen molar-refractivity contribution in [2.24, 2.45) is 0 Å². The van der Waals surface area contributed by atoms with Gasteiger partial charge in [0, 0.05) is 18.3 Å². The van der Waals surface area contributed by atoms with Gasteiger partial charge in [-0.25, -0.2) is 4.39 Å². The van der Waals surface area contributed by atoms with Gasteiger partial charge in [-0.05, 0) is 48.7 Å². The van der Waals surface area contributed by atoms with Gasteiger partial charge in [-0.15, -0.1) is 0 Å². The fourth-order valence-electron chi connectivity index (χ4n) is 3.10. The molecule has 0 bridgehead atoms. The molecule has 24 heavy (non-hydrogen) atoms. The van der Waals surface area contributed by atoms with Gasteiger partial charge in [0.15, 0.2) is 0 Å². The van der Waals surface area contributed by atoms with Gasteiger partial charge < -0.3 is 10.6 Å². The number of rotatable bonds is 4. The van der Waals surface area contributed by atoms with E-state index in [1.54, 1.807) is 43.4 Å². The predicted molar refractivity (Wildman–Crippen MR) is 90.4 cm³/mol. The number of hydrogen-bond acceptors (Lipinski definition) is 2. The molecule has 4 nitrogen and oxygen atoms in total. The first-order valence-corrected chi connectivity index (χ1v) is 7.95. The third-order valence-corrected chi connectivity index (χ3v) is 4.63.